The number of carboxylic acids is 1. The summed E-state index contributed by atoms with van der Waals surface area (Å²) in [6.07, 6.45) is 0. The molecule has 72 valence electrons. The van der Waals surface area contributed by atoms with Crippen molar-refractivity contribution >= 4 is 28.3 Å². The molecule has 15 heavy (non-hydrogen) atoms. The molecule has 2 aromatic rings. The summed E-state index contributed by atoms with van der Waals surface area (Å²) in [6.45, 7) is 0. The highest BCUT2D eigenvalue weighted by Crippen LogP contribution is 2.32. The lowest BCUT2D eigenvalue weighted by Crippen LogP contribution is -2.14. The van der Waals surface area contributed by atoms with E-state index in [9.17, 15) is 4.79 Å². The molecule has 1 aliphatic rings. The first-order valence-electron chi connectivity index (χ1n) is 4.22. The van der Waals surface area contributed by atoms with Crippen LogP contribution in [0, 0.1) is 0 Å². The van der Waals surface area contributed by atoms with Crippen LogP contribution < -0.4 is 0 Å². The summed E-state index contributed by atoms with van der Waals surface area (Å²) in [5, 5.41) is 20.6. The van der Waals surface area contributed by atoms with Crippen LogP contribution in [-0.2, 0) is 4.79 Å². The minimum absolute atomic E-state index is 0.0731. The highest BCUT2D eigenvalue weighted by Gasteiger charge is 2.25. The summed E-state index contributed by atoms with van der Waals surface area (Å²) in [5.74, 6) is -1.10. The summed E-state index contributed by atoms with van der Waals surface area (Å²) in [6, 6.07) is 5.23. The zero-order valence-corrected chi connectivity index (χ0v) is 7.38. The van der Waals surface area contributed by atoms with Gasteiger partial charge in [-0.05, 0) is 17.3 Å². The average molecular weight is 200 g/mol. The number of rotatable bonds is 1. The number of carboxylic acid groups (broad SMARTS) is 1. The average Bonchev–Trinajstić information content (AvgIpc) is 2.61. The second kappa shape index (κ2) is 2.57. The van der Waals surface area contributed by atoms with E-state index in [4.69, 9.17) is 5.11 Å². The lowest BCUT2D eigenvalue weighted by Gasteiger charge is -1.96. The van der Waals surface area contributed by atoms with Crippen LogP contribution in [0.25, 0.3) is 10.9 Å². The predicted octanol–water partition coefficient (Wildman–Crippen LogP) is 0.544. The lowest BCUT2D eigenvalue weighted by molar-refractivity contribution is -0.129. The van der Waals surface area contributed by atoms with Gasteiger partial charge in [-0.25, -0.2) is 9.79 Å². The van der Waals surface area contributed by atoms with Crippen LogP contribution in [0.4, 0.5) is 5.69 Å². The SMILES string of the molecule is O=C(O)C1=Nc2cccc3nnnc1c23. The van der Waals surface area contributed by atoms with Crippen molar-refractivity contribution in [1.29, 1.82) is 0 Å². The lowest BCUT2D eigenvalue weighted by atomic mass is 10.1. The van der Waals surface area contributed by atoms with Crippen molar-refractivity contribution < 1.29 is 9.90 Å². The van der Waals surface area contributed by atoms with Gasteiger partial charge < -0.3 is 5.11 Å². The Balaban J connectivity index is 2.45. The Hall–Kier alpha value is -2.37. The number of hydrogen-bond donors (Lipinski definition) is 1. The summed E-state index contributed by atoms with van der Waals surface area (Å²) in [5.41, 5.74) is 1.42. The Morgan fingerprint density at radius 1 is 1.27 bits per heavy atom. The standard InChI is InChI=1S/C9H4N4O2/c14-9(15)8-7-6-4(10-8)2-1-3-5(6)11-13-12-7/h1-3H,(H,14,15). The van der Waals surface area contributed by atoms with Crippen molar-refractivity contribution in [3.05, 3.63) is 23.9 Å². The van der Waals surface area contributed by atoms with Crippen molar-refractivity contribution in [2.45, 2.75) is 0 Å². The molecule has 0 saturated heterocycles. The van der Waals surface area contributed by atoms with E-state index in [1.54, 1.807) is 18.2 Å². The molecular formula is C9H4N4O2. The fraction of sp³-hybridized carbons (Fsp3) is 0. The Bertz CT molecular complexity index is 615. The van der Waals surface area contributed by atoms with Crippen molar-refractivity contribution in [3.8, 4) is 0 Å². The van der Waals surface area contributed by atoms with Gasteiger partial charge in [0, 0.05) is 0 Å². The number of aromatic nitrogens is 3. The summed E-state index contributed by atoms with van der Waals surface area (Å²) in [4.78, 5) is 14.9. The summed E-state index contributed by atoms with van der Waals surface area (Å²) in [7, 11) is 0. The molecule has 2 heterocycles. The van der Waals surface area contributed by atoms with Gasteiger partial charge in [-0.15, -0.1) is 10.2 Å². The third-order valence-corrected chi connectivity index (χ3v) is 2.21. The number of nitrogens with zero attached hydrogens (tertiary/aromatic N) is 4. The van der Waals surface area contributed by atoms with Gasteiger partial charge in [0.1, 0.15) is 5.69 Å². The van der Waals surface area contributed by atoms with E-state index in [1.165, 1.54) is 0 Å². The van der Waals surface area contributed by atoms with Crippen LogP contribution in [0.3, 0.4) is 0 Å². The normalized spacial score (nSPS) is 12.9. The van der Waals surface area contributed by atoms with Crippen LogP contribution in [0.1, 0.15) is 5.69 Å². The second-order valence-corrected chi connectivity index (χ2v) is 3.07. The van der Waals surface area contributed by atoms with Crippen molar-refractivity contribution in [3.63, 3.8) is 0 Å². The van der Waals surface area contributed by atoms with Crippen LogP contribution in [0.5, 0.6) is 0 Å². The molecule has 1 aromatic heterocycles. The molecule has 1 aliphatic heterocycles. The monoisotopic (exact) mass is 200 g/mol. The first kappa shape index (κ1) is 7.98. The maximum atomic E-state index is 10.9. The third kappa shape index (κ3) is 0.954. The number of benzene rings is 1. The molecule has 0 atom stereocenters. The molecule has 3 rings (SSSR count). The fourth-order valence-electron chi connectivity index (χ4n) is 1.60. The van der Waals surface area contributed by atoms with E-state index in [1.807, 2.05) is 0 Å². The molecule has 0 radical (unpaired) electrons. The van der Waals surface area contributed by atoms with E-state index in [-0.39, 0.29) is 5.71 Å². The minimum Gasteiger partial charge on any atom is -0.476 e. The molecule has 6 heteroatoms. The maximum Gasteiger partial charge on any atom is 0.356 e. The molecule has 0 fully saturated rings. The molecule has 0 aliphatic carbocycles. The largest absolute Gasteiger partial charge is 0.476 e. The molecule has 6 nitrogen and oxygen atoms in total. The van der Waals surface area contributed by atoms with Crippen molar-refractivity contribution in [2.75, 3.05) is 0 Å². The van der Waals surface area contributed by atoms with Crippen molar-refractivity contribution in [2.24, 2.45) is 4.99 Å². The van der Waals surface area contributed by atoms with E-state index in [2.05, 4.69) is 20.4 Å². The molecule has 0 amide bonds. The molecule has 0 saturated carbocycles. The Kier molecular flexibility index (Phi) is 1.37. The van der Waals surface area contributed by atoms with Gasteiger partial charge in [0.15, 0.2) is 5.71 Å². The van der Waals surface area contributed by atoms with Gasteiger partial charge in [-0.2, -0.15) is 0 Å². The first-order valence-corrected chi connectivity index (χ1v) is 4.22. The molecular weight excluding hydrogens is 196 g/mol. The molecule has 1 N–H and O–H groups in total. The first-order chi connectivity index (χ1) is 7.27. The Labute approximate surface area is 83.3 Å². The molecule has 0 spiro atoms. The Morgan fingerprint density at radius 3 is 2.93 bits per heavy atom. The minimum atomic E-state index is -1.10. The van der Waals surface area contributed by atoms with Gasteiger partial charge in [0.05, 0.1) is 16.6 Å². The van der Waals surface area contributed by atoms with E-state index < -0.39 is 5.97 Å². The second-order valence-electron chi connectivity index (χ2n) is 3.07. The zero-order valence-electron chi connectivity index (χ0n) is 7.38. The van der Waals surface area contributed by atoms with Gasteiger partial charge in [-0.1, -0.05) is 6.07 Å². The predicted molar refractivity (Wildman–Crippen MR) is 51.2 cm³/mol. The molecule has 0 bridgehead atoms. The van der Waals surface area contributed by atoms with Crippen molar-refractivity contribution in [1.82, 2.24) is 15.4 Å². The molecule has 0 unspecified atom stereocenters. The van der Waals surface area contributed by atoms with Gasteiger partial charge in [0.25, 0.3) is 0 Å². The van der Waals surface area contributed by atoms with E-state index in [0.717, 1.165) is 0 Å². The van der Waals surface area contributed by atoms with Gasteiger partial charge in [-0.3, -0.25) is 0 Å². The Morgan fingerprint density at radius 2 is 2.13 bits per heavy atom. The van der Waals surface area contributed by atoms with Crippen LogP contribution in [0.2, 0.25) is 0 Å². The number of aliphatic imine (C=N–C) groups is 1. The summed E-state index contributed by atoms with van der Waals surface area (Å²) < 4.78 is 0. The maximum absolute atomic E-state index is 10.9. The third-order valence-electron chi connectivity index (χ3n) is 2.21. The summed E-state index contributed by atoms with van der Waals surface area (Å²) >= 11 is 0. The highest BCUT2D eigenvalue weighted by molar-refractivity contribution is 6.46. The van der Waals surface area contributed by atoms with E-state index >= 15 is 0 Å². The van der Waals surface area contributed by atoms with E-state index in [0.29, 0.717) is 22.3 Å². The van der Waals surface area contributed by atoms with Gasteiger partial charge >= 0.3 is 5.97 Å². The number of aliphatic carboxylic acids is 1. The van der Waals surface area contributed by atoms with Gasteiger partial charge in [0.2, 0.25) is 0 Å². The van der Waals surface area contributed by atoms with Crippen LogP contribution in [-0.4, -0.2) is 32.2 Å². The molecule has 1 aromatic carbocycles. The number of hydrogen-bond acceptors (Lipinski definition) is 5. The smallest absolute Gasteiger partial charge is 0.356 e. The zero-order chi connectivity index (χ0) is 10.4. The van der Waals surface area contributed by atoms with Crippen LogP contribution in [0.15, 0.2) is 23.2 Å². The topological polar surface area (TPSA) is 88.3 Å². The fourth-order valence-corrected chi connectivity index (χ4v) is 1.60. The number of carbonyl (C=O) groups is 1. The van der Waals surface area contributed by atoms with Crippen LogP contribution >= 0.6 is 0 Å². The quantitative estimate of drug-likeness (QED) is 0.725. The highest BCUT2D eigenvalue weighted by atomic mass is 16.4.